The predicted molar refractivity (Wildman–Crippen MR) is 64.2 cm³/mol. The van der Waals surface area contributed by atoms with E-state index in [0.29, 0.717) is 0 Å². The van der Waals surface area contributed by atoms with Crippen molar-refractivity contribution in [2.45, 2.75) is 76.0 Å². The summed E-state index contributed by atoms with van der Waals surface area (Å²) in [6.07, 6.45) is 8.35. The lowest BCUT2D eigenvalue weighted by Crippen LogP contribution is -2.46. The Labute approximate surface area is 104 Å². The van der Waals surface area contributed by atoms with Gasteiger partial charge in [-0.1, -0.05) is 0 Å². The minimum absolute atomic E-state index is 0.512. The van der Waals surface area contributed by atoms with E-state index in [-0.39, 0.29) is 0 Å². The topological polar surface area (TPSA) is 36.9 Å². The molecule has 0 aromatic heterocycles. The van der Waals surface area contributed by atoms with Crippen LogP contribution in [0.2, 0.25) is 13.1 Å². The molecule has 2 spiro atoms. The van der Waals surface area contributed by atoms with Crippen LogP contribution in [0.25, 0.3) is 0 Å². The number of hydrogen-bond acceptors (Lipinski definition) is 4. The molecule has 0 unspecified atom stereocenters. The highest BCUT2D eigenvalue weighted by Gasteiger charge is 2.53. The molecule has 17 heavy (non-hydrogen) atoms. The molecule has 0 radical (unpaired) electrons. The average molecular weight is 258 g/mol. The minimum atomic E-state index is -2.17. The van der Waals surface area contributed by atoms with E-state index in [9.17, 15) is 0 Å². The van der Waals surface area contributed by atoms with Gasteiger partial charge in [0.05, 0.1) is 0 Å². The second-order valence-corrected chi connectivity index (χ2v) is 9.21. The molecule has 0 atom stereocenters. The zero-order valence-electron chi connectivity index (χ0n) is 10.8. The van der Waals surface area contributed by atoms with Crippen LogP contribution in [0.3, 0.4) is 0 Å². The predicted octanol–water partition coefficient (Wildman–Crippen LogP) is 3.22. The Morgan fingerprint density at radius 3 is 1.41 bits per heavy atom. The highest BCUT2D eigenvalue weighted by atomic mass is 28.4. The van der Waals surface area contributed by atoms with Crippen molar-refractivity contribution in [1.82, 2.24) is 0 Å². The van der Waals surface area contributed by atoms with Crippen molar-refractivity contribution < 1.29 is 18.6 Å². The molecule has 3 fully saturated rings. The summed E-state index contributed by atoms with van der Waals surface area (Å²) in [4.78, 5) is 11.4. The maximum Gasteiger partial charge on any atom is 0.336 e. The lowest BCUT2D eigenvalue weighted by molar-refractivity contribution is -0.465. The molecular formula is C12H22O4Si. The Kier molecular flexibility index (Phi) is 2.87. The van der Waals surface area contributed by atoms with E-state index in [1.807, 2.05) is 0 Å². The largest absolute Gasteiger partial charge is 0.363 e. The Morgan fingerprint density at radius 1 is 0.706 bits per heavy atom. The molecule has 1 heterocycles. The molecule has 2 aliphatic carbocycles. The van der Waals surface area contributed by atoms with Crippen LogP contribution in [0.15, 0.2) is 0 Å². The maximum absolute atomic E-state index is 6.20. The van der Waals surface area contributed by atoms with Gasteiger partial charge in [0.1, 0.15) is 0 Å². The molecule has 0 aromatic rings. The lowest BCUT2D eigenvalue weighted by Gasteiger charge is -2.32. The minimum Gasteiger partial charge on any atom is -0.363 e. The van der Waals surface area contributed by atoms with E-state index in [0.717, 1.165) is 51.4 Å². The molecule has 1 saturated heterocycles. The van der Waals surface area contributed by atoms with Crippen LogP contribution in [0.4, 0.5) is 0 Å². The molecule has 98 valence electrons. The second-order valence-electron chi connectivity index (χ2n) is 6.01. The molecule has 0 bridgehead atoms. The zero-order valence-corrected chi connectivity index (χ0v) is 11.8. The first-order chi connectivity index (χ1) is 8.04. The van der Waals surface area contributed by atoms with Crippen molar-refractivity contribution in [1.29, 1.82) is 0 Å². The SMILES string of the molecule is C[Si]1(C)OC2(CCCC2)OOC2(CCCC2)O1. The van der Waals surface area contributed by atoms with Crippen LogP contribution < -0.4 is 0 Å². The molecule has 5 heteroatoms. The Balaban J connectivity index is 1.83. The molecular weight excluding hydrogens is 236 g/mol. The number of rotatable bonds is 0. The first-order valence-corrected chi connectivity index (χ1v) is 9.62. The van der Waals surface area contributed by atoms with Gasteiger partial charge in [0.25, 0.3) is 0 Å². The standard InChI is InChI=1S/C12H22O4Si/c1-17(2)15-11(7-3-4-8-11)13-14-12(16-17)9-5-6-10-12/h3-10H2,1-2H3. The molecule has 0 N–H and O–H groups in total. The van der Waals surface area contributed by atoms with Crippen molar-refractivity contribution in [2.24, 2.45) is 0 Å². The highest BCUT2D eigenvalue weighted by molar-refractivity contribution is 6.64. The summed E-state index contributed by atoms with van der Waals surface area (Å²) >= 11 is 0. The van der Waals surface area contributed by atoms with Gasteiger partial charge in [0.2, 0.25) is 0 Å². The molecule has 0 amide bonds. The fourth-order valence-electron chi connectivity index (χ4n) is 3.30. The van der Waals surface area contributed by atoms with Gasteiger partial charge in [-0.05, 0) is 38.8 Å². The normalized spacial score (nSPS) is 34.2. The summed E-state index contributed by atoms with van der Waals surface area (Å²) in [5, 5.41) is 0. The molecule has 4 nitrogen and oxygen atoms in total. The first kappa shape index (κ1) is 12.1. The molecule has 1 aliphatic heterocycles. The third-order valence-electron chi connectivity index (χ3n) is 3.94. The van der Waals surface area contributed by atoms with Gasteiger partial charge >= 0.3 is 8.56 Å². The average Bonchev–Trinajstić information content (AvgIpc) is 2.82. The summed E-state index contributed by atoms with van der Waals surface area (Å²) in [6.45, 7) is 4.20. The van der Waals surface area contributed by atoms with Gasteiger partial charge in [-0.2, -0.15) is 9.78 Å². The van der Waals surface area contributed by atoms with Crippen LogP contribution in [0, 0.1) is 0 Å². The van der Waals surface area contributed by atoms with Crippen molar-refractivity contribution in [3.63, 3.8) is 0 Å². The Morgan fingerprint density at radius 2 is 1.06 bits per heavy atom. The van der Waals surface area contributed by atoms with Crippen molar-refractivity contribution in [3.8, 4) is 0 Å². The van der Waals surface area contributed by atoms with E-state index in [4.69, 9.17) is 18.6 Å². The lowest BCUT2D eigenvalue weighted by atomic mass is 10.2. The highest BCUT2D eigenvalue weighted by Crippen LogP contribution is 2.46. The molecule has 3 rings (SSSR count). The van der Waals surface area contributed by atoms with Crippen molar-refractivity contribution in [3.05, 3.63) is 0 Å². The van der Waals surface area contributed by atoms with E-state index in [1.165, 1.54) is 0 Å². The fraction of sp³-hybridized carbons (Fsp3) is 1.00. The molecule has 2 saturated carbocycles. The van der Waals surface area contributed by atoms with E-state index >= 15 is 0 Å². The summed E-state index contributed by atoms with van der Waals surface area (Å²) in [6, 6.07) is 0. The van der Waals surface area contributed by atoms with E-state index < -0.39 is 20.1 Å². The van der Waals surface area contributed by atoms with Gasteiger partial charge in [-0.3, -0.25) is 0 Å². The van der Waals surface area contributed by atoms with Gasteiger partial charge in [0, 0.05) is 25.7 Å². The van der Waals surface area contributed by atoms with Gasteiger partial charge in [-0.15, -0.1) is 0 Å². The number of hydrogen-bond donors (Lipinski definition) is 0. The van der Waals surface area contributed by atoms with Crippen LogP contribution in [-0.4, -0.2) is 20.1 Å². The van der Waals surface area contributed by atoms with E-state index in [2.05, 4.69) is 13.1 Å². The summed E-state index contributed by atoms with van der Waals surface area (Å²) in [5.74, 6) is -1.02. The van der Waals surface area contributed by atoms with E-state index in [1.54, 1.807) is 0 Å². The smallest absolute Gasteiger partial charge is 0.336 e. The third kappa shape index (κ3) is 2.31. The van der Waals surface area contributed by atoms with Crippen LogP contribution in [0.1, 0.15) is 51.4 Å². The fourth-order valence-corrected chi connectivity index (χ4v) is 5.61. The quantitative estimate of drug-likeness (QED) is 0.494. The second kappa shape index (κ2) is 4.03. The zero-order chi connectivity index (χ0) is 12.0. The summed E-state index contributed by atoms with van der Waals surface area (Å²) in [5.41, 5.74) is 0. The van der Waals surface area contributed by atoms with Gasteiger partial charge in [0.15, 0.2) is 11.6 Å². The monoisotopic (exact) mass is 258 g/mol. The first-order valence-electron chi connectivity index (χ1n) is 6.81. The van der Waals surface area contributed by atoms with Crippen LogP contribution in [0.5, 0.6) is 0 Å². The third-order valence-corrected chi connectivity index (χ3v) is 5.67. The Bertz CT molecular complexity index is 265. The molecule has 0 aromatic carbocycles. The van der Waals surface area contributed by atoms with Gasteiger partial charge < -0.3 is 8.85 Å². The van der Waals surface area contributed by atoms with Crippen LogP contribution >= 0.6 is 0 Å². The maximum atomic E-state index is 6.20. The summed E-state index contributed by atoms with van der Waals surface area (Å²) in [7, 11) is -2.17. The van der Waals surface area contributed by atoms with Crippen molar-refractivity contribution in [2.75, 3.05) is 0 Å². The van der Waals surface area contributed by atoms with Gasteiger partial charge in [-0.25, -0.2) is 0 Å². The summed E-state index contributed by atoms with van der Waals surface area (Å²) < 4.78 is 12.4. The Hall–Kier alpha value is 0.0569. The molecule has 3 aliphatic rings. The van der Waals surface area contributed by atoms with Crippen molar-refractivity contribution >= 4 is 8.56 Å². The van der Waals surface area contributed by atoms with Crippen LogP contribution in [-0.2, 0) is 18.6 Å².